The molecule has 1 atom stereocenters. The summed E-state index contributed by atoms with van der Waals surface area (Å²) in [6.45, 7) is 8.09. The Morgan fingerprint density at radius 2 is 1.94 bits per heavy atom. The maximum absolute atomic E-state index is 9.18. The summed E-state index contributed by atoms with van der Waals surface area (Å²) in [6.07, 6.45) is -0.321. The van der Waals surface area contributed by atoms with E-state index in [4.69, 9.17) is 4.74 Å². The van der Waals surface area contributed by atoms with Crippen LogP contribution in [0.5, 0.6) is 5.75 Å². The van der Waals surface area contributed by atoms with Gasteiger partial charge in [-0.15, -0.1) is 0 Å². The normalized spacial score (nSPS) is 12.8. The van der Waals surface area contributed by atoms with E-state index in [2.05, 4.69) is 19.2 Å². The molecule has 1 rings (SSSR count). The summed E-state index contributed by atoms with van der Waals surface area (Å²) in [5.74, 6) is 1.45. The quantitative estimate of drug-likeness (QED) is 0.764. The molecule has 0 aromatic heterocycles. The fourth-order valence-electron chi connectivity index (χ4n) is 1.46. The summed E-state index contributed by atoms with van der Waals surface area (Å²) >= 11 is 0. The zero-order chi connectivity index (χ0) is 12.7. The number of para-hydroxylation sites is 1. The number of nitrogens with one attached hydrogen (secondary N) is 1. The van der Waals surface area contributed by atoms with Crippen LogP contribution in [0.15, 0.2) is 24.3 Å². The summed E-state index contributed by atoms with van der Waals surface area (Å²) in [4.78, 5) is 0. The van der Waals surface area contributed by atoms with Crippen molar-refractivity contribution in [2.45, 2.75) is 33.4 Å². The first-order chi connectivity index (χ1) is 8.09. The largest absolute Gasteiger partial charge is 0.493 e. The molecule has 0 aliphatic rings. The molecule has 0 saturated carbocycles. The standard InChI is InChI=1S/C14H23NO2/c1-11(2)10-17-14-7-5-4-6-13(14)9-15-8-12(3)16/h4-7,11-12,15-16H,8-10H2,1-3H3. The maximum Gasteiger partial charge on any atom is 0.123 e. The van der Waals surface area contributed by atoms with E-state index in [9.17, 15) is 5.11 Å². The van der Waals surface area contributed by atoms with E-state index in [1.165, 1.54) is 0 Å². The highest BCUT2D eigenvalue weighted by Gasteiger charge is 2.04. The van der Waals surface area contributed by atoms with Gasteiger partial charge in [-0.2, -0.15) is 0 Å². The minimum absolute atomic E-state index is 0.321. The Bertz CT molecular complexity index is 324. The van der Waals surface area contributed by atoms with Gasteiger partial charge in [0.05, 0.1) is 12.7 Å². The summed E-state index contributed by atoms with van der Waals surface area (Å²) in [7, 11) is 0. The number of hydrogen-bond acceptors (Lipinski definition) is 3. The van der Waals surface area contributed by atoms with Gasteiger partial charge in [0, 0.05) is 18.7 Å². The van der Waals surface area contributed by atoms with Crippen LogP contribution in [-0.4, -0.2) is 24.4 Å². The summed E-state index contributed by atoms with van der Waals surface area (Å²) in [5.41, 5.74) is 1.13. The molecule has 3 nitrogen and oxygen atoms in total. The number of aliphatic hydroxyl groups excluding tert-OH is 1. The Morgan fingerprint density at radius 3 is 2.59 bits per heavy atom. The van der Waals surface area contributed by atoms with Crippen LogP contribution in [0.3, 0.4) is 0 Å². The fourth-order valence-corrected chi connectivity index (χ4v) is 1.46. The molecule has 96 valence electrons. The van der Waals surface area contributed by atoms with Gasteiger partial charge in [0.2, 0.25) is 0 Å². The first-order valence-corrected chi connectivity index (χ1v) is 6.19. The fraction of sp³-hybridized carbons (Fsp3) is 0.571. The zero-order valence-electron chi connectivity index (χ0n) is 10.9. The number of hydrogen-bond donors (Lipinski definition) is 2. The van der Waals surface area contributed by atoms with Gasteiger partial charge >= 0.3 is 0 Å². The number of aliphatic hydroxyl groups is 1. The van der Waals surface area contributed by atoms with Gasteiger partial charge in [-0.25, -0.2) is 0 Å². The topological polar surface area (TPSA) is 41.5 Å². The van der Waals surface area contributed by atoms with Crippen LogP contribution in [0.4, 0.5) is 0 Å². The summed E-state index contributed by atoms with van der Waals surface area (Å²) in [5, 5.41) is 12.4. The van der Waals surface area contributed by atoms with Crippen LogP contribution in [0.25, 0.3) is 0 Å². The van der Waals surface area contributed by atoms with Crippen molar-refractivity contribution in [1.82, 2.24) is 5.32 Å². The van der Waals surface area contributed by atoms with Crippen LogP contribution < -0.4 is 10.1 Å². The van der Waals surface area contributed by atoms with Crippen molar-refractivity contribution in [3.63, 3.8) is 0 Å². The molecule has 0 aliphatic heterocycles. The SMILES string of the molecule is CC(C)COc1ccccc1CNCC(C)O. The van der Waals surface area contributed by atoms with E-state index < -0.39 is 0 Å². The minimum Gasteiger partial charge on any atom is -0.493 e. The Morgan fingerprint density at radius 1 is 1.24 bits per heavy atom. The Labute approximate surface area is 104 Å². The zero-order valence-corrected chi connectivity index (χ0v) is 10.9. The lowest BCUT2D eigenvalue weighted by atomic mass is 10.2. The van der Waals surface area contributed by atoms with Crippen molar-refractivity contribution in [1.29, 1.82) is 0 Å². The third-order valence-corrected chi connectivity index (χ3v) is 2.30. The second kappa shape index (κ2) is 7.30. The van der Waals surface area contributed by atoms with Crippen LogP contribution in [-0.2, 0) is 6.54 Å². The van der Waals surface area contributed by atoms with Crippen molar-refractivity contribution in [3.8, 4) is 5.75 Å². The molecule has 0 saturated heterocycles. The predicted molar refractivity (Wildman–Crippen MR) is 70.2 cm³/mol. The van der Waals surface area contributed by atoms with E-state index >= 15 is 0 Å². The lowest BCUT2D eigenvalue weighted by molar-refractivity contribution is 0.190. The van der Waals surface area contributed by atoms with Crippen LogP contribution in [0.2, 0.25) is 0 Å². The van der Waals surface area contributed by atoms with E-state index in [-0.39, 0.29) is 6.10 Å². The third kappa shape index (κ3) is 5.71. The highest BCUT2D eigenvalue weighted by atomic mass is 16.5. The van der Waals surface area contributed by atoms with Crippen LogP contribution >= 0.6 is 0 Å². The number of ether oxygens (including phenoxy) is 1. The molecule has 0 fully saturated rings. The molecule has 0 aliphatic carbocycles. The van der Waals surface area contributed by atoms with Gasteiger partial charge in [0.25, 0.3) is 0 Å². The van der Waals surface area contributed by atoms with Gasteiger partial charge in [-0.1, -0.05) is 32.0 Å². The Balaban J connectivity index is 2.51. The summed E-state index contributed by atoms with van der Waals surface area (Å²) < 4.78 is 5.75. The number of benzene rings is 1. The molecule has 1 aromatic carbocycles. The van der Waals surface area contributed by atoms with E-state index in [1.807, 2.05) is 24.3 Å². The molecule has 17 heavy (non-hydrogen) atoms. The molecule has 1 unspecified atom stereocenters. The molecule has 0 bridgehead atoms. The van der Waals surface area contributed by atoms with E-state index in [0.717, 1.165) is 24.5 Å². The van der Waals surface area contributed by atoms with Crippen molar-refractivity contribution >= 4 is 0 Å². The van der Waals surface area contributed by atoms with Gasteiger partial charge in [0.1, 0.15) is 5.75 Å². The van der Waals surface area contributed by atoms with Crippen molar-refractivity contribution in [2.24, 2.45) is 5.92 Å². The molecule has 2 N–H and O–H groups in total. The van der Waals surface area contributed by atoms with Crippen LogP contribution in [0, 0.1) is 5.92 Å². The first-order valence-electron chi connectivity index (χ1n) is 6.19. The minimum atomic E-state index is -0.321. The third-order valence-electron chi connectivity index (χ3n) is 2.30. The molecular weight excluding hydrogens is 214 g/mol. The molecule has 3 heteroatoms. The van der Waals surface area contributed by atoms with Crippen LogP contribution in [0.1, 0.15) is 26.3 Å². The van der Waals surface area contributed by atoms with Crippen molar-refractivity contribution in [3.05, 3.63) is 29.8 Å². The van der Waals surface area contributed by atoms with Gasteiger partial charge in [0.15, 0.2) is 0 Å². The van der Waals surface area contributed by atoms with Gasteiger partial charge < -0.3 is 15.2 Å². The highest BCUT2D eigenvalue weighted by Crippen LogP contribution is 2.18. The number of rotatable bonds is 7. The molecule has 0 radical (unpaired) electrons. The van der Waals surface area contributed by atoms with Gasteiger partial charge in [-0.05, 0) is 18.9 Å². The average Bonchev–Trinajstić information content (AvgIpc) is 2.27. The lowest BCUT2D eigenvalue weighted by Crippen LogP contribution is -2.24. The van der Waals surface area contributed by atoms with E-state index in [0.29, 0.717) is 12.5 Å². The highest BCUT2D eigenvalue weighted by molar-refractivity contribution is 5.33. The monoisotopic (exact) mass is 237 g/mol. The average molecular weight is 237 g/mol. The smallest absolute Gasteiger partial charge is 0.123 e. The second-order valence-corrected chi connectivity index (χ2v) is 4.79. The van der Waals surface area contributed by atoms with Gasteiger partial charge in [-0.3, -0.25) is 0 Å². The second-order valence-electron chi connectivity index (χ2n) is 4.79. The Kier molecular flexibility index (Phi) is 6.01. The molecule has 1 aromatic rings. The van der Waals surface area contributed by atoms with E-state index in [1.54, 1.807) is 6.92 Å². The van der Waals surface area contributed by atoms with Crippen molar-refractivity contribution < 1.29 is 9.84 Å². The maximum atomic E-state index is 9.18. The molecular formula is C14H23NO2. The summed E-state index contributed by atoms with van der Waals surface area (Å²) in [6, 6.07) is 8.02. The predicted octanol–water partition coefficient (Wildman–Crippen LogP) is 2.19. The molecule has 0 amide bonds. The first kappa shape index (κ1) is 14.0. The molecule has 0 spiro atoms. The Hall–Kier alpha value is -1.06. The van der Waals surface area contributed by atoms with Crippen molar-refractivity contribution in [2.75, 3.05) is 13.2 Å². The lowest BCUT2D eigenvalue weighted by Gasteiger charge is -2.14. The molecule has 0 heterocycles.